The van der Waals surface area contributed by atoms with Gasteiger partial charge in [-0.15, -0.1) is 0 Å². The molecule has 5 aromatic rings. The molecule has 0 heterocycles. The summed E-state index contributed by atoms with van der Waals surface area (Å²) in [6.45, 7) is 29.6. The number of rotatable bonds is 35. The molecule has 0 fully saturated rings. The number of benzene rings is 5. The first-order chi connectivity index (χ1) is 39.4. The summed E-state index contributed by atoms with van der Waals surface area (Å²) >= 11 is 3.52. The summed E-state index contributed by atoms with van der Waals surface area (Å²) in [4.78, 5) is 12.6. The minimum Gasteiger partial charge on any atom is -0.494 e. The predicted octanol–water partition coefficient (Wildman–Crippen LogP) is 23.0. The molecule has 452 valence electrons. The number of carbonyl (C=O) groups is 1. The van der Waals surface area contributed by atoms with Gasteiger partial charge in [-0.2, -0.15) is 0 Å². The van der Waals surface area contributed by atoms with Crippen LogP contribution in [-0.2, 0) is 5.60 Å². The highest BCUT2D eigenvalue weighted by atomic mass is 79.9. The highest BCUT2D eigenvalue weighted by Gasteiger charge is 2.43. The third-order valence-electron chi connectivity index (χ3n) is 17.9. The van der Waals surface area contributed by atoms with Gasteiger partial charge in [0, 0.05) is 27.6 Å². The minimum absolute atomic E-state index is 0.113. The van der Waals surface area contributed by atoms with Crippen LogP contribution >= 0.6 is 15.9 Å². The summed E-state index contributed by atoms with van der Waals surface area (Å²) in [6.07, 6.45) is 28.1. The minimum atomic E-state index is -1.16. The fourth-order valence-corrected chi connectivity index (χ4v) is 13.1. The molecule has 0 saturated heterocycles. The van der Waals surface area contributed by atoms with Crippen molar-refractivity contribution in [2.75, 3.05) is 18.5 Å². The maximum atomic E-state index is 12.6. The molecule has 5 heteroatoms. The molecular formula is C77H113BrO4. The zero-order valence-electron chi connectivity index (χ0n) is 53.7. The molecule has 82 heavy (non-hydrogen) atoms. The second-order valence-electron chi connectivity index (χ2n) is 27.1. The zero-order valence-corrected chi connectivity index (χ0v) is 55.3. The molecule has 7 atom stereocenters. The summed E-state index contributed by atoms with van der Waals surface area (Å²) in [5.41, 5.74) is 7.39. The van der Waals surface area contributed by atoms with Crippen LogP contribution in [-0.4, -0.2) is 29.4 Å². The Morgan fingerprint density at radius 3 is 1.18 bits per heavy atom. The largest absolute Gasteiger partial charge is 0.494 e. The number of hydrogen-bond acceptors (Lipinski definition) is 4. The van der Waals surface area contributed by atoms with Crippen molar-refractivity contribution in [1.29, 1.82) is 0 Å². The van der Waals surface area contributed by atoms with Crippen molar-refractivity contribution in [1.82, 2.24) is 0 Å². The zero-order chi connectivity index (χ0) is 59.4. The van der Waals surface area contributed by atoms with Crippen molar-refractivity contribution in [2.24, 2.45) is 53.3 Å². The highest BCUT2D eigenvalue weighted by Crippen LogP contribution is 2.52. The summed E-state index contributed by atoms with van der Waals surface area (Å²) in [5, 5.41) is 13.2. The molecule has 2 aliphatic carbocycles. The predicted molar refractivity (Wildman–Crippen MR) is 357 cm³/mol. The number of aliphatic hydroxyl groups is 1. The number of ether oxygens (including phenoxy) is 2. The molecule has 7 rings (SSSR count). The average molecular weight is 1180 g/mol. The molecule has 1 N–H and O–H groups in total. The fourth-order valence-electron chi connectivity index (χ4n) is 12.3. The number of halogens is 1. The van der Waals surface area contributed by atoms with E-state index in [1.165, 1.54) is 122 Å². The first-order valence-corrected chi connectivity index (χ1v) is 34.1. The topological polar surface area (TPSA) is 55.8 Å². The normalized spacial score (nSPS) is 16.2. The van der Waals surface area contributed by atoms with Crippen molar-refractivity contribution in [3.05, 3.63) is 143 Å². The summed E-state index contributed by atoms with van der Waals surface area (Å²) in [6, 6.07) is 38.1. The number of fused-ring (bicyclic) bond motifs is 6. The van der Waals surface area contributed by atoms with Crippen molar-refractivity contribution < 1.29 is 19.4 Å². The molecule has 0 amide bonds. The van der Waals surface area contributed by atoms with Crippen molar-refractivity contribution >= 4 is 21.7 Å². The first kappa shape index (κ1) is 68.6. The van der Waals surface area contributed by atoms with Gasteiger partial charge in [0.05, 0.1) is 13.2 Å². The quantitative estimate of drug-likeness (QED) is 0.0403. The maximum absolute atomic E-state index is 12.6. The third kappa shape index (κ3) is 22.7. The molecule has 7 unspecified atom stereocenters. The van der Waals surface area contributed by atoms with E-state index >= 15 is 0 Å². The van der Waals surface area contributed by atoms with Crippen LogP contribution in [0, 0.1) is 53.3 Å². The molecule has 0 saturated carbocycles. The summed E-state index contributed by atoms with van der Waals surface area (Å²) in [5.74, 6) is 9.15. The Kier molecular flexibility index (Phi) is 30.6. The van der Waals surface area contributed by atoms with E-state index in [2.05, 4.69) is 117 Å². The van der Waals surface area contributed by atoms with Gasteiger partial charge in [-0.25, -0.2) is 0 Å². The van der Waals surface area contributed by atoms with Gasteiger partial charge in [-0.1, -0.05) is 300 Å². The third-order valence-corrected chi connectivity index (χ3v) is 18.3. The lowest BCUT2D eigenvalue weighted by Gasteiger charge is -2.26. The second kappa shape index (κ2) is 36.6. The van der Waals surface area contributed by atoms with Gasteiger partial charge in [0.2, 0.25) is 0 Å². The Morgan fingerprint density at radius 2 is 0.720 bits per heavy atom. The lowest BCUT2D eigenvalue weighted by Crippen LogP contribution is -2.26. The van der Waals surface area contributed by atoms with Gasteiger partial charge < -0.3 is 14.6 Å². The highest BCUT2D eigenvalue weighted by molar-refractivity contribution is 9.09. The van der Waals surface area contributed by atoms with E-state index in [9.17, 15) is 9.90 Å². The van der Waals surface area contributed by atoms with E-state index < -0.39 is 5.60 Å². The Balaban J connectivity index is 0.000000242. The molecule has 0 radical (unpaired) electrons. The Hall–Kier alpha value is -4.19. The molecule has 4 nitrogen and oxygen atoms in total. The van der Waals surface area contributed by atoms with Gasteiger partial charge in [-0.05, 0) is 131 Å². The first-order valence-electron chi connectivity index (χ1n) is 33.0. The van der Waals surface area contributed by atoms with Crippen LogP contribution in [0.1, 0.15) is 251 Å². The maximum Gasteiger partial charge on any atom is 0.194 e. The van der Waals surface area contributed by atoms with Gasteiger partial charge in [0.25, 0.3) is 0 Å². The molecule has 0 aliphatic heterocycles. The Morgan fingerprint density at radius 1 is 0.366 bits per heavy atom. The van der Waals surface area contributed by atoms with Crippen LogP contribution in [0.25, 0.3) is 22.3 Å². The van der Waals surface area contributed by atoms with E-state index in [0.717, 1.165) is 121 Å². The van der Waals surface area contributed by atoms with Crippen LogP contribution in [0.15, 0.2) is 115 Å². The smallest absolute Gasteiger partial charge is 0.194 e. The van der Waals surface area contributed by atoms with Crippen LogP contribution in [0.2, 0.25) is 0 Å². The average Bonchev–Trinajstić information content (AvgIpc) is 2.27. The number of carbonyl (C=O) groups excluding carboxylic acids is 1. The van der Waals surface area contributed by atoms with E-state index in [0.29, 0.717) is 25.0 Å². The van der Waals surface area contributed by atoms with Crippen molar-refractivity contribution in [3.8, 4) is 33.8 Å². The Labute approximate surface area is 510 Å². The van der Waals surface area contributed by atoms with Crippen molar-refractivity contribution in [3.63, 3.8) is 0 Å². The Bertz CT molecular complexity index is 2560. The lowest BCUT2D eigenvalue weighted by molar-refractivity contribution is 0.104. The van der Waals surface area contributed by atoms with Gasteiger partial charge >= 0.3 is 0 Å². The molecule has 0 aromatic heterocycles. The molecule has 2 aliphatic rings. The number of ketones is 1. The molecule has 5 aromatic carbocycles. The van der Waals surface area contributed by atoms with Crippen LogP contribution in [0.3, 0.4) is 0 Å². The number of alkyl halides is 1. The fraction of sp³-hybridized carbons (Fsp3) is 0.597. The van der Waals surface area contributed by atoms with E-state index in [-0.39, 0.29) is 5.78 Å². The van der Waals surface area contributed by atoms with Gasteiger partial charge in [0.15, 0.2) is 5.78 Å². The lowest BCUT2D eigenvalue weighted by atomic mass is 9.84. The van der Waals surface area contributed by atoms with Crippen molar-refractivity contribution in [2.45, 2.75) is 224 Å². The van der Waals surface area contributed by atoms with Crippen LogP contribution in [0.5, 0.6) is 11.5 Å². The second-order valence-corrected chi connectivity index (χ2v) is 27.9. The molecule has 0 spiro atoms. The van der Waals surface area contributed by atoms with E-state index in [1.807, 2.05) is 97.1 Å². The number of hydrogen-bond donors (Lipinski definition) is 1. The SMILES string of the molecule is CC(C)CCCC(C)CCCC(C)CCBr.CC(C)CCCC(C)CCCC(C)CCOc1ccc2c(c1)C(=O)c1ccccc1-2.CC(C)CCCC(C)CCCC(C)CCOc1ccc2c(c1)C(O)(c1ccccc1)c1ccccc1-2. The van der Waals surface area contributed by atoms with Crippen LogP contribution in [0.4, 0.5) is 0 Å². The molecule has 0 bridgehead atoms. The van der Waals surface area contributed by atoms with Crippen LogP contribution < -0.4 is 9.47 Å². The summed E-state index contributed by atoms with van der Waals surface area (Å²) < 4.78 is 12.2. The standard InChI is InChI=1S/C34H44O2.C28H38O2.C15H31Br/c1-25(2)12-10-13-26(3)14-11-15-27(4)22-23-36-29-20-21-31-30-18-8-9-19-32(30)34(35,33(31)24-29)28-16-6-5-7-17-28;1-20(2)9-7-10-21(3)11-8-12-22(4)17-18-30-23-15-16-25-24-13-5-6-14-26(24)28(29)27(25)19-23;1-13(2)7-5-8-14(3)9-6-10-15(4)11-12-16/h5-9,16-21,24-27,35H,10-15,22-23H2,1-4H3;5-6,13-16,19-22H,7-12,17-18H2,1-4H3;13-15H,5-12H2,1-4H3. The monoisotopic (exact) mass is 1180 g/mol. The summed E-state index contributed by atoms with van der Waals surface area (Å²) in [7, 11) is 0. The van der Waals surface area contributed by atoms with Gasteiger partial charge in [0.1, 0.15) is 17.1 Å². The van der Waals surface area contributed by atoms with E-state index in [4.69, 9.17) is 9.47 Å². The van der Waals surface area contributed by atoms with E-state index in [1.54, 1.807) is 0 Å². The molecular weight excluding hydrogens is 1070 g/mol. The van der Waals surface area contributed by atoms with Gasteiger partial charge in [-0.3, -0.25) is 4.79 Å².